The van der Waals surface area contributed by atoms with Gasteiger partial charge in [0, 0.05) is 25.2 Å². The van der Waals surface area contributed by atoms with Crippen LogP contribution in [0.25, 0.3) is 0 Å². The maximum absolute atomic E-state index is 5.54. The Hall–Kier alpha value is -0.680. The van der Waals surface area contributed by atoms with E-state index in [2.05, 4.69) is 35.2 Å². The van der Waals surface area contributed by atoms with E-state index in [0.717, 1.165) is 0 Å². The zero-order valence-electron chi connectivity index (χ0n) is 11.0. The van der Waals surface area contributed by atoms with Crippen molar-refractivity contribution in [3.05, 3.63) is 24.3 Å². The molecular formula is C14H26N4. The molecule has 4 nitrogen and oxygen atoms in total. The second kappa shape index (κ2) is 7.04. The fraction of sp³-hybridized carbons (Fsp3) is 0.714. The molecule has 0 amide bonds. The lowest BCUT2D eigenvalue weighted by Crippen LogP contribution is -2.41. The van der Waals surface area contributed by atoms with Gasteiger partial charge in [-0.2, -0.15) is 0 Å². The molecule has 6 N–H and O–H groups in total. The van der Waals surface area contributed by atoms with Crippen molar-refractivity contribution in [1.82, 2.24) is 10.9 Å². The second-order valence-electron chi connectivity index (χ2n) is 5.47. The SMILES string of the molecule is NC/C=C/C1CC2CC(/C=C/CN)CC(C1)NN2. The molecule has 2 saturated heterocycles. The Labute approximate surface area is 110 Å². The zero-order chi connectivity index (χ0) is 12.8. The van der Waals surface area contributed by atoms with E-state index in [0.29, 0.717) is 37.0 Å². The standard InChI is InChI=1S/C14H26N4/c15-5-1-3-11-7-13-9-12(4-2-6-16)10-14(8-11)18-17-13/h1-4,11-14,17-18H,5-10,15-16H2/b3-1+,4-2+. The minimum absolute atomic E-state index is 0.553. The number of hydrazine groups is 1. The lowest BCUT2D eigenvalue weighted by atomic mass is 9.82. The van der Waals surface area contributed by atoms with Crippen LogP contribution in [-0.4, -0.2) is 25.2 Å². The number of hydrogen-bond acceptors (Lipinski definition) is 4. The molecule has 0 atom stereocenters. The summed E-state index contributed by atoms with van der Waals surface area (Å²) >= 11 is 0. The number of nitrogens with two attached hydrogens (primary N) is 2. The third-order valence-corrected chi connectivity index (χ3v) is 3.93. The highest BCUT2D eigenvalue weighted by Gasteiger charge is 2.30. The summed E-state index contributed by atoms with van der Waals surface area (Å²) in [5.74, 6) is 1.32. The van der Waals surface area contributed by atoms with E-state index in [1.807, 2.05) is 0 Å². The van der Waals surface area contributed by atoms with Crippen molar-refractivity contribution in [1.29, 1.82) is 0 Å². The summed E-state index contributed by atoms with van der Waals surface area (Å²) in [6.45, 7) is 1.29. The van der Waals surface area contributed by atoms with Crippen molar-refractivity contribution in [3.8, 4) is 0 Å². The first kappa shape index (κ1) is 13.7. The molecule has 2 aliphatic heterocycles. The van der Waals surface area contributed by atoms with Crippen LogP contribution in [0, 0.1) is 11.8 Å². The Morgan fingerprint density at radius 2 is 1.17 bits per heavy atom. The molecule has 2 fully saturated rings. The molecule has 0 aromatic heterocycles. The molecule has 0 saturated carbocycles. The molecule has 0 unspecified atom stereocenters. The molecule has 0 radical (unpaired) electrons. The molecule has 102 valence electrons. The molecule has 18 heavy (non-hydrogen) atoms. The number of nitrogens with one attached hydrogen (secondary N) is 2. The van der Waals surface area contributed by atoms with Gasteiger partial charge in [-0.25, -0.2) is 0 Å². The minimum atomic E-state index is 0.553. The van der Waals surface area contributed by atoms with Crippen LogP contribution in [0.1, 0.15) is 25.7 Å². The van der Waals surface area contributed by atoms with Gasteiger partial charge in [-0.15, -0.1) is 0 Å². The van der Waals surface area contributed by atoms with E-state index in [-0.39, 0.29) is 0 Å². The molecule has 2 aliphatic rings. The van der Waals surface area contributed by atoms with Crippen LogP contribution >= 0.6 is 0 Å². The highest BCUT2D eigenvalue weighted by Crippen LogP contribution is 2.30. The zero-order valence-corrected chi connectivity index (χ0v) is 11.0. The van der Waals surface area contributed by atoms with Crippen molar-refractivity contribution in [3.63, 3.8) is 0 Å². The first-order valence-corrected chi connectivity index (χ1v) is 7.06. The van der Waals surface area contributed by atoms with Crippen LogP contribution in [0.15, 0.2) is 24.3 Å². The van der Waals surface area contributed by atoms with E-state index >= 15 is 0 Å². The highest BCUT2D eigenvalue weighted by molar-refractivity contribution is 5.01. The van der Waals surface area contributed by atoms with E-state index in [1.54, 1.807) is 0 Å². The summed E-state index contributed by atoms with van der Waals surface area (Å²) in [5, 5.41) is 0. The van der Waals surface area contributed by atoms with E-state index in [1.165, 1.54) is 25.7 Å². The number of rotatable bonds is 4. The lowest BCUT2D eigenvalue weighted by Gasteiger charge is -2.25. The summed E-state index contributed by atoms with van der Waals surface area (Å²) in [7, 11) is 0. The topological polar surface area (TPSA) is 76.1 Å². The predicted molar refractivity (Wildman–Crippen MR) is 75.7 cm³/mol. The molecule has 0 aliphatic carbocycles. The van der Waals surface area contributed by atoms with Gasteiger partial charge in [0.25, 0.3) is 0 Å². The van der Waals surface area contributed by atoms with Gasteiger partial charge in [0.05, 0.1) is 0 Å². The first-order valence-electron chi connectivity index (χ1n) is 7.06. The number of allylic oxidation sites excluding steroid dienone is 2. The monoisotopic (exact) mass is 250 g/mol. The van der Waals surface area contributed by atoms with Crippen molar-refractivity contribution >= 4 is 0 Å². The van der Waals surface area contributed by atoms with Crippen LogP contribution in [0.5, 0.6) is 0 Å². The van der Waals surface area contributed by atoms with Gasteiger partial charge in [-0.3, -0.25) is 10.9 Å². The summed E-state index contributed by atoms with van der Waals surface area (Å²) in [6.07, 6.45) is 13.6. The molecule has 0 spiro atoms. The number of hydrogen-bond donors (Lipinski definition) is 4. The third kappa shape index (κ3) is 3.92. The molecule has 2 bridgehead atoms. The average Bonchev–Trinajstić information content (AvgIpc) is 2.65. The first-order chi connectivity index (χ1) is 8.81. The lowest BCUT2D eigenvalue weighted by molar-refractivity contribution is 0.361. The maximum Gasteiger partial charge on any atom is 0.0224 e. The summed E-state index contributed by atoms with van der Waals surface area (Å²) < 4.78 is 0. The largest absolute Gasteiger partial charge is 0.327 e. The molecule has 2 heterocycles. The molecule has 2 rings (SSSR count). The fourth-order valence-corrected chi connectivity index (χ4v) is 3.17. The Kier molecular flexibility index (Phi) is 5.38. The normalized spacial score (nSPS) is 37.2. The van der Waals surface area contributed by atoms with Gasteiger partial charge in [0.2, 0.25) is 0 Å². The van der Waals surface area contributed by atoms with E-state index in [4.69, 9.17) is 11.5 Å². The molecule has 0 aromatic rings. The quantitative estimate of drug-likeness (QED) is 0.553. The van der Waals surface area contributed by atoms with E-state index < -0.39 is 0 Å². The summed E-state index contributed by atoms with van der Waals surface area (Å²) in [6, 6.07) is 1.11. The van der Waals surface area contributed by atoms with Crippen molar-refractivity contribution in [2.75, 3.05) is 13.1 Å². The fourth-order valence-electron chi connectivity index (χ4n) is 3.17. The minimum Gasteiger partial charge on any atom is -0.327 e. The third-order valence-electron chi connectivity index (χ3n) is 3.93. The van der Waals surface area contributed by atoms with Crippen LogP contribution in [0.2, 0.25) is 0 Å². The van der Waals surface area contributed by atoms with Crippen molar-refractivity contribution < 1.29 is 0 Å². The molecular weight excluding hydrogens is 224 g/mol. The van der Waals surface area contributed by atoms with Gasteiger partial charge in [-0.05, 0) is 37.5 Å². The molecule has 0 aromatic carbocycles. The van der Waals surface area contributed by atoms with Gasteiger partial charge >= 0.3 is 0 Å². The van der Waals surface area contributed by atoms with Crippen LogP contribution in [-0.2, 0) is 0 Å². The maximum atomic E-state index is 5.54. The van der Waals surface area contributed by atoms with Crippen LogP contribution in [0.3, 0.4) is 0 Å². The highest BCUT2D eigenvalue weighted by atomic mass is 15.4. The van der Waals surface area contributed by atoms with Gasteiger partial charge in [0.1, 0.15) is 0 Å². The average molecular weight is 250 g/mol. The Morgan fingerprint density at radius 1 is 0.778 bits per heavy atom. The van der Waals surface area contributed by atoms with Gasteiger partial charge in [-0.1, -0.05) is 24.3 Å². The smallest absolute Gasteiger partial charge is 0.0224 e. The van der Waals surface area contributed by atoms with Gasteiger partial charge < -0.3 is 11.5 Å². The predicted octanol–water partition coefficient (Wildman–Crippen LogP) is 0.668. The Bertz CT molecular complexity index is 258. The number of fused-ring (bicyclic) bond motifs is 3. The van der Waals surface area contributed by atoms with Crippen molar-refractivity contribution in [2.24, 2.45) is 23.3 Å². The molecule has 4 heteroatoms. The van der Waals surface area contributed by atoms with Gasteiger partial charge in [0.15, 0.2) is 0 Å². The second-order valence-corrected chi connectivity index (χ2v) is 5.47. The van der Waals surface area contributed by atoms with Crippen LogP contribution < -0.4 is 22.3 Å². The van der Waals surface area contributed by atoms with Crippen LogP contribution in [0.4, 0.5) is 0 Å². The van der Waals surface area contributed by atoms with E-state index in [9.17, 15) is 0 Å². The summed E-state index contributed by atoms with van der Waals surface area (Å²) in [4.78, 5) is 0. The van der Waals surface area contributed by atoms with Crippen molar-refractivity contribution in [2.45, 2.75) is 37.8 Å². The summed E-state index contributed by atoms with van der Waals surface area (Å²) in [5.41, 5.74) is 18.0. The Balaban J connectivity index is 1.98. The Morgan fingerprint density at radius 3 is 1.50 bits per heavy atom.